The number of hydrogen-bond donors (Lipinski definition) is 7. The highest BCUT2D eigenvalue weighted by Crippen LogP contribution is 2.68. The summed E-state index contributed by atoms with van der Waals surface area (Å²) >= 11 is 0. The highest BCUT2D eigenvalue weighted by molar-refractivity contribution is 5.28. The molecule has 6 rings (SSSR count). The van der Waals surface area contributed by atoms with Crippen LogP contribution in [0.4, 0.5) is 0 Å². The number of fused-ring (bicyclic) bond motifs is 5. The Morgan fingerprint density at radius 1 is 0.891 bits per heavy atom. The normalized spacial score (nSPS) is 54.7. The van der Waals surface area contributed by atoms with Crippen LogP contribution in [0.5, 0.6) is 0 Å². The highest BCUT2D eigenvalue weighted by atomic mass is 16.7. The lowest BCUT2D eigenvalue weighted by Crippen LogP contribution is -2.62. The number of aliphatic hydroxyl groups is 7. The van der Waals surface area contributed by atoms with Crippen molar-refractivity contribution in [3.63, 3.8) is 0 Å². The Hall–Kier alpha value is -0.740. The SMILES string of the molecule is CO[C@H]1[C@@H](O)[C@@H](C)O[C@@H](O[C@H]2CC[C@@]3(C)C(=CC[C@@H]4[C@@H]3CC[C@]3(C)[C@@H]([C@@H](C)O[C@@H]5O[C@H](CO)[C@@H](O)[C@H](O)[C@H]5O)CC[C@]43O)C2)[C@@H]1O. The van der Waals surface area contributed by atoms with Crippen molar-refractivity contribution in [2.75, 3.05) is 13.7 Å². The summed E-state index contributed by atoms with van der Waals surface area (Å²) in [6.45, 7) is 7.65. The van der Waals surface area contributed by atoms with Gasteiger partial charge in [0.15, 0.2) is 12.6 Å². The van der Waals surface area contributed by atoms with Crippen molar-refractivity contribution in [1.82, 2.24) is 0 Å². The molecule has 0 aromatic rings. The van der Waals surface area contributed by atoms with E-state index in [1.54, 1.807) is 6.92 Å². The van der Waals surface area contributed by atoms with E-state index >= 15 is 0 Å². The Morgan fingerprint density at radius 2 is 1.63 bits per heavy atom. The van der Waals surface area contributed by atoms with Gasteiger partial charge in [0.1, 0.15) is 42.7 Å². The summed E-state index contributed by atoms with van der Waals surface area (Å²) in [5, 5.41) is 74.4. The highest BCUT2D eigenvalue weighted by Gasteiger charge is 2.67. The van der Waals surface area contributed by atoms with Crippen molar-refractivity contribution in [2.24, 2.45) is 28.6 Å². The second kappa shape index (κ2) is 12.9. The van der Waals surface area contributed by atoms with Gasteiger partial charge in [-0.15, -0.1) is 0 Å². The molecule has 0 bridgehead atoms. The van der Waals surface area contributed by atoms with Crippen LogP contribution in [-0.2, 0) is 23.7 Å². The number of rotatable bonds is 7. The predicted octanol–water partition coefficient (Wildman–Crippen LogP) is 0.752. The monoisotopic (exact) mass is 656 g/mol. The number of ether oxygens (including phenoxy) is 5. The van der Waals surface area contributed by atoms with E-state index in [1.165, 1.54) is 12.7 Å². The number of hydrogen-bond acceptors (Lipinski definition) is 12. The van der Waals surface area contributed by atoms with E-state index in [2.05, 4.69) is 19.9 Å². The van der Waals surface area contributed by atoms with E-state index in [4.69, 9.17) is 23.7 Å². The van der Waals surface area contributed by atoms with E-state index in [0.717, 1.165) is 44.9 Å². The third kappa shape index (κ3) is 5.43. The lowest BCUT2D eigenvalue weighted by molar-refractivity contribution is -0.317. The Labute approximate surface area is 271 Å². The first-order valence-corrected chi connectivity index (χ1v) is 17.3. The van der Waals surface area contributed by atoms with Crippen LogP contribution < -0.4 is 0 Å². The third-order valence-corrected chi connectivity index (χ3v) is 13.5. The molecule has 5 fully saturated rings. The molecule has 12 nitrogen and oxygen atoms in total. The maximum absolute atomic E-state index is 12.6. The molecule has 46 heavy (non-hydrogen) atoms. The lowest BCUT2D eigenvalue weighted by atomic mass is 9.45. The van der Waals surface area contributed by atoms with Crippen LogP contribution in [0.2, 0.25) is 0 Å². The number of aliphatic hydroxyl groups excluding tert-OH is 6. The minimum Gasteiger partial charge on any atom is -0.394 e. The zero-order valence-corrected chi connectivity index (χ0v) is 27.8. The Bertz CT molecular complexity index is 1120. The Morgan fingerprint density at radius 3 is 2.33 bits per heavy atom. The summed E-state index contributed by atoms with van der Waals surface area (Å²) in [5.41, 5.74) is -0.0797. The molecule has 7 N–H and O–H groups in total. The summed E-state index contributed by atoms with van der Waals surface area (Å²) in [6, 6.07) is 0. The molecule has 0 aromatic carbocycles. The molecule has 0 unspecified atom stereocenters. The van der Waals surface area contributed by atoms with Crippen molar-refractivity contribution in [3.8, 4) is 0 Å². The van der Waals surface area contributed by atoms with Crippen LogP contribution in [0.3, 0.4) is 0 Å². The van der Waals surface area contributed by atoms with Gasteiger partial charge in [0.2, 0.25) is 0 Å². The lowest BCUT2D eigenvalue weighted by Gasteiger charge is -2.61. The number of allylic oxidation sites excluding steroid dienone is 1. The third-order valence-electron chi connectivity index (χ3n) is 13.5. The molecule has 6 aliphatic rings. The van der Waals surface area contributed by atoms with Gasteiger partial charge in [0, 0.05) is 12.5 Å². The van der Waals surface area contributed by atoms with Gasteiger partial charge in [-0.3, -0.25) is 0 Å². The first-order chi connectivity index (χ1) is 21.7. The molecular weight excluding hydrogens is 600 g/mol. The molecule has 0 amide bonds. The van der Waals surface area contributed by atoms with Crippen LogP contribution in [0.25, 0.3) is 0 Å². The van der Waals surface area contributed by atoms with Crippen LogP contribution in [0.1, 0.15) is 79.1 Å². The fourth-order valence-electron chi connectivity index (χ4n) is 10.6. The standard InChI is InChI=1S/C34H56O12/c1-16(43-30-27(39)26(38)25(37)23(15-35)46-30)20-10-13-34(41)22-7-6-18-14-19(8-11-32(18,3)21(22)9-12-33(20,34)4)45-31-28(40)29(42-5)24(36)17(2)44-31/h6,16-17,19-31,35-41H,7-15H2,1-5H3/t16-,17-,19+,20-,21+,22-,23-,24+,25-,26+,27-,28-,29+,30-,31+,32+,33-,34+/m1/s1. The Balaban J connectivity index is 1.14. The smallest absolute Gasteiger partial charge is 0.186 e. The fraction of sp³-hybridized carbons (Fsp3) is 0.941. The molecule has 18 atom stereocenters. The summed E-state index contributed by atoms with van der Waals surface area (Å²) in [7, 11) is 1.46. The molecule has 0 spiro atoms. The first kappa shape index (κ1) is 35.1. The summed E-state index contributed by atoms with van der Waals surface area (Å²) in [4.78, 5) is 0. The predicted molar refractivity (Wildman–Crippen MR) is 163 cm³/mol. The van der Waals surface area contributed by atoms with Gasteiger partial charge in [0.05, 0.1) is 30.5 Å². The van der Waals surface area contributed by atoms with E-state index in [0.29, 0.717) is 12.3 Å². The van der Waals surface area contributed by atoms with Gasteiger partial charge in [0.25, 0.3) is 0 Å². The topological polar surface area (TPSA) is 188 Å². The van der Waals surface area contributed by atoms with Gasteiger partial charge in [-0.2, -0.15) is 0 Å². The fourth-order valence-corrected chi connectivity index (χ4v) is 10.6. The zero-order valence-electron chi connectivity index (χ0n) is 27.8. The van der Waals surface area contributed by atoms with Gasteiger partial charge >= 0.3 is 0 Å². The molecule has 264 valence electrons. The number of methoxy groups -OCH3 is 1. The van der Waals surface area contributed by atoms with Crippen LogP contribution in [0.15, 0.2) is 11.6 Å². The molecule has 3 saturated carbocycles. The minimum absolute atomic E-state index is 0.0214. The molecule has 2 saturated heterocycles. The van der Waals surface area contributed by atoms with E-state index in [9.17, 15) is 35.7 Å². The Kier molecular flexibility index (Phi) is 9.81. The molecule has 12 heteroatoms. The maximum atomic E-state index is 12.6. The summed E-state index contributed by atoms with van der Waals surface area (Å²) in [5.74, 6) is 0.360. The van der Waals surface area contributed by atoms with Crippen molar-refractivity contribution >= 4 is 0 Å². The van der Waals surface area contributed by atoms with E-state index < -0.39 is 85.1 Å². The summed E-state index contributed by atoms with van der Waals surface area (Å²) in [6.07, 6.45) is -2.76. The van der Waals surface area contributed by atoms with Gasteiger partial charge < -0.3 is 59.4 Å². The molecule has 4 aliphatic carbocycles. The minimum atomic E-state index is -1.50. The second-order valence-electron chi connectivity index (χ2n) is 15.6. The van der Waals surface area contributed by atoms with Crippen molar-refractivity contribution in [3.05, 3.63) is 11.6 Å². The quantitative estimate of drug-likeness (QED) is 0.191. The van der Waals surface area contributed by atoms with Crippen molar-refractivity contribution in [1.29, 1.82) is 0 Å². The zero-order chi connectivity index (χ0) is 33.3. The average Bonchev–Trinajstić information content (AvgIpc) is 3.31. The average molecular weight is 657 g/mol. The maximum Gasteiger partial charge on any atom is 0.186 e. The molecule has 2 heterocycles. The van der Waals surface area contributed by atoms with E-state index in [1.807, 2.05) is 6.92 Å². The second-order valence-corrected chi connectivity index (χ2v) is 15.6. The van der Waals surface area contributed by atoms with Gasteiger partial charge in [-0.25, -0.2) is 0 Å². The van der Waals surface area contributed by atoms with E-state index in [-0.39, 0.29) is 23.4 Å². The van der Waals surface area contributed by atoms with Crippen LogP contribution in [0, 0.1) is 28.6 Å². The van der Waals surface area contributed by atoms with Crippen molar-refractivity contribution < 1.29 is 59.4 Å². The van der Waals surface area contributed by atoms with Crippen LogP contribution >= 0.6 is 0 Å². The first-order valence-electron chi connectivity index (χ1n) is 17.3. The van der Waals surface area contributed by atoms with Gasteiger partial charge in [-0.1, -0.05) is 25.5 Å². The molecule has 0 radical (unpaired) electrons. The van der Waals surface area contributed by atoms with Crippen LogP contribution in [-0.4, -0.2) is 129 Å². The molecular formula is C34H56O12. The van der Waals surface area contributed by atoms with Gasteiger partial charge in [-0.05, 0) is 88.4 Å². The molecule has 2 aliphatic heterocycles. The summed E-state index contributed by atoms with van der Waals surface area (Å²) < 4.78 is 29.4. The largest absolute Gasteiger partial charge is 0.394 e. The van der Waals surface area contributed by atoms with Crippen molar-refractivity contribution in [2.45, 2.75) is 158 Å². The molecule has 0 aromatic heterocycles.